The molecule has 0 aromatic carbocycles. The van der Waals surface area contributed by atoms with Crippen LogP contribution < -0.4 is 34.7 Å². The van der Waals surface area contributed by atoms with Crippen molar-refractivity contribution in [2.75, 3.05) is 0 Å². The zero-order valence-electron chi connectivity index (χ0n) is 14.2. The molecule has 0 rings (SSSR count). The Bertz CT molecular complexity index is 335. The number of allylic oxidation sites excluding steroid dienone is 6. The van der Waals surface area contributed by atoms with Crippen molar-refractivity contribution in [2.45, 2.75) is 70.8 Å². The van der Waals surface area contributed by atoms with Crippen LogP contribution in [0.3, 0.4) is 0 Å². The van der Waals surface area contributed by atoms with Crippen LogP contribution in [-0.2, 0) is 4.79 Å². The summed E-state index contributed by atoms with van der Waals surface area (Å²) in [6, 6.07) is 0. The van der Waals surface area contributed by atoms with E-state index in [1.165, 1.54) is 25.7 Å². The minimum Gasteiger partial charge on any atom is -0.547 e. The van der Waals surface area contributed by atoms with Crippen LogP contribution in [0, 0.1) is 0 Å². The van der Waals surface area contributed by atoms with Crippen LogP contribution >= 0.6 is 0 Å². The Kier molecular flexibility index (Phi) is 20.3. The molecule has 0 bridgehead atoms. The van der Waals surface area contributed by atoms with Gasteiger partial charge in [0.1, 0.15) is 0 Å². The number of aliphatic hydroxyl groups excluding tert-OH is 1. The number of aliphatic carboxylic acids is 1. The van der Waals surface area contributed by atoms with Gasteiger partial charge >= 0.3 is 29.6 Å². The molecule has 0 spiro atoms. The predicted octanol–water partition coefficient (Wildman–Crippen LogP) is 0.301. The van der Waals surface area contributed by atoms with Crippen LogP contribution in [0.25, 0.3) is 0 Å². The first-order valence-electron chi connectivity index (χ1n) is 8.02. The third-order valence-corrected chi connectivity index (χ3v) is 3.14. The van der Waals surface area contributed by atoms with Crippen molar-refractivity contribution < 1.29 is 44.6 Å². The second-order valence-corrected chi connectivity index (χ2v) is 5.15. The average molecular weight is 316 g/mol. The summed E-state index contributed by atoms with van der Waals surface area (Å²) in [5, 5.41) is 19.3. The first-order chi connectivity index (χ1) is 10.2. The Morgan fingerprint density at radius 3 is 1.95 bits per heavy atom. The van der Waals surface area contributed by atoms with Gasteiger partial charge in [0.15, 0.2) is 0 Å². The molecule has 0 aliphatic carbocycles. The van der Waals surface area contributed by atoms with Crippen molar-refractivity contribution >= 4 is 5.97 Å². The van der Waals surface area contributed by atoms with Crippen molar-refractivity contribution in [1.82, 2.24) is 0 Å². The number of rotatable bonds is 13. The fraction of sp³-hybridized carbons (Fsp3) is 0.611. The van der Waals surface area contributed by atoms with Gasteiger partial charge in [0.2, 0.25) is 0 Å². The van der Waals surface area contributed by atoms with Crippen LogP contribution in [0.1, 0.15) is 64.7 Å². The van der Waals surface area contributed by atoms with Gasteiger partial charge in [-0.3, -0.25) is 0 Å². The van der Waals surface area contributed by atoms with E-state index in [0.717, 1.165) is 19.3 Å². The Morgan fingerprint density at radius 1 is 0.955 bits per heavy atom. The van der Waals surface area contributed by atoms with Crippen molar-refractivity contribution in [2.24, 2.45) is 0 Å². The number of carbonyl (C=O) groups excluding carboxylic acids is 1. The van der Waals surface area contributed by atoms with Gasteiger partial charge in [-0.2, -0.15) is 0 Å². The molecule has 0 saturated carbocycles. The van der Waals surface area contributed by atoms with E-state index in [1.807, 2.05) is 6.08 Å². The molecule has 120 valence electrons. The summed E-state index contributed by atoms with van der Waals surface area (Å²) in [4.78, 5) is 10.3. The number of hydrogen-bond acceptors (Lipinski definition) is 3. The molecule has 0 saturated heterocycles. The minimum absolute atomic E-state index is 0. The summed E-state index contributed by atoms with van der Waals surface area (Å²) in [5.41, 5.74) is 0. The molecule has 0 aliphatic heterocycles. The molecular weight excluding hydrogens is 287 g/mol. The molecule has 4 heteroatoms. The molecule has 1 N–H and O–H groups in total. The fourth-order valence-electron chi connectivity index (χ4n) is 1.84. The number of unbranched alkanes of at least 4 members (excludes halogenated alkanes) is 4. The summed E-state index contributed by atoms with van der Waals surface area (Å²) in [6.07, 6.45) is 20.1. The van der Waals surface area contributed by atoms with Gasteiger partial charge in [0.05, 0.1) is 12.1 Å². The average Bonchev–Trinajstić information content (AvgIpc) is 2.47. The molecule has 0 fully saturated rings. The number of aliphatic hydroxyl groups is 1. The second-order valence-electron chi connectivity index (χ2n) is 5.15. The first-order valence-corrected chi connectivity index (χ1v) is 8.02. The van der Waals surface area contributed by atoms with Crippen molar-refractivity contribution in [3.63, 3.8) is 0 Å². The van der Waals surface area contributed by atoms with Gasteiger partial charge in [-0.1, -0.05) is 56.2 Å². The molecule has 3 nitrogen and oxygen atoms in total. The third kappa shape index (κ3) is 17.7. The van der Waals surface area contributed by atoms with E-state index >= 15 is 0 Å². The van der Waals surface area contributed by atoms with Crippen LogP contribution in [0.5, 0.6) is 0 Å². The van der Waals surface area contributed by atoms with Crippen LogP contribution in [0.15, 0.2) is 36.5 Å². The Balaban J connectivity index is 0. The van der Waals surface area contributed by atoms with Gasteiger partial charge in [-0.25, -0.2) is 0 Å². The van der Waals surface area contributed by atoms with E-state index in [2.05, 4.69) is 37.3 Å². The Morgan fingerprint density at radius 2 is 1.45 bits per heavy atom. The largest absolute Gasteiger partial charge is 1.00 e. The standard InChI is InChI=1S/C18H30O3.Na/c1-2-3-4-5-6-7-8-9-10-11-12-13-14-15-16-17(19)18(20)21;/h6-7,9-10,12-13,17,19H,2-5,8,11,14-16H2,1H3,(H,20,21);/q;+1/p-1/b7-6-,10-9-,13-12-;. The van der Waals surface area contributed by atoms with E-state index in [1.54, 1.807) is 0 Å². The van der Waals surface area contributed by atoms with E-state index in [0.29, 0.717) is 6.42 Å². The molecule has 1 unspecified atom stereocenters. The van der Waals surface area contributed by atoms with Crippen molar-refractivity contribution in [3.8, 4) is 0 Å². The van der Waals surface area contributed by atoms with Gasteiger partial charge in [-0.15, -0.1) is 0 Å². The smallest absolute Gasteiger partial charge is 0.547 e. The molecular formula is C18H29NaO3. The molecule has 0 amide bonds. The molecule has 1 atom stereocenters. The maximum absolute atomic E-state index is 10.3. The van der Waals surface area contributed by atoms with Crippen LogP contribution in [0.2, 0.25) is 0 Å². The normalized spacial score (nSPS) is 13.0. The fourth-order valence-corrected chi connectivity index (χ4v) is 1.84. The topological polar surface area (TPSA) is 60.4 Å². The summed E-state index contributed by atoms with van der Waals surface area (Å²) < 4.78 is 0. The summed E-state index contributed by atoms with van der Waals surface area (Å²) in [5.74, 6) is -1.38. The third-order valence-electron chi connectivity index (χ3n) is 3.14. The van der Waals surface area contributed by atoms with E-state index in [4.69, 9.17) is 5.11 Å². The first kappa shape index (κ1) is 23.9. The van der Waals surface area contributed by atoms with Crippen molar-refractivity contribution in [1.29, 1.82) is 0 Å². The van der Waals surface area contributed by atoms with E-state index in [-0.39, 0.29) is 36.0 Å². The summed E-state index contributed by atoms with van der Waals surface area (Å²) in [6.45, 7) is 2.21. The Hall–Kier alpha value is -0.350. The number of hydrogen-bond donors (Lipinski definition) is 1. The maximum Gasteiger partial charge on any atom is 1.00 e. The van der Waals surface area contributed by atoms with E-state index < -0.39 is 12.1 Å². The Labute approximate surface area is 157 Å². The molecule has 0 aromatic rings. The molecule has 0 aliphatic rings. The maximum atomic E-state index is 10.3. The molecule has 0 heterocycles. The van der Waals surface area contributed by atoms with Gasteiger partial charge in [0, 0.05) is 0 Å². The van der Waals surface area contributed by atoms with E-state index in [9.17, 15) is 9.90 Å². The predicted molar refractivity (Wildman–Crippen MR) is 85.7 cm³/mol. The van der Waals surface area contributed by atoms with Gasteiger partial charge < -0.3 is 15.0 Å². The second kappa shape index (κ2) is 18.7. The molecule has 22 heavy (non-hydrogen) atoms. The summed E-state index contributed by atoms with van der Waals surface area (Å²) >= 11 is 0. The number of carboxylic acid groups (broad SMARTS) is 1. The number of carboxylic acids is 1. The monoisotopic (exact) mass is 316 g/mol. The SMILES string of the molecule is CCCCC/C=C\C/C=C\C/C=C\CCCC(O)C(=O)[O-].[Na+]. The number of carbonyl (C=O) groups is 1. The van der Waals surface area contributed by atoms with Crippen LogP contribution in [-0.4, -0.2) is 17.2 Å². The summed E-state index contributed by atoms with van der Waals surface area (Å²) in [7, 11) is 0. The molecule has 0 aromatic heterocycles. The van der Waals surface area contributed by atoms with Crippen LogP contribution in [0.4, 0.5) is 0 Å². The van der Waals surface area contributed by atoms with Crippen molar-refractivity contribution in [3.05, 3.63) is 36.5 Å². The van der Waals surface area contributed by atoms with Gasteiger partial charge in [-0.05, 0) is 44.9 Å². The zero-order chi connectivity index (χ0) is 15.8. The quantitative estimate of drug-likeness (QED) is 0.302. The minimum atomic E-state index is -1.38. The zero-order valence-corrected chi connectivity index (χ0v) is 16.2. The molecule has 0 radical (unpaired) electrons. The van der Waals surface area contributed by atoms with Gasteiger partial charge in [0.25, 0.3) is 0 Å².